The first kappa shape index (κ1) is 11.9. The number of hydrogen-bond donors (Lipinski definition) is 0. The van der Waals surface area contributed by atoms with E-state index in [2.05, 4.69) is 39.7 Å². The van der Waals surface area contributed by atoms with Crippen LogP contribution in [-0.4, -0.2) is 32.8 Å². The lowest BCUT2D eigenvalue weighted by Crippen LogP contribution is -2.20. The summed E-state index contributed by atoms with van der Waals surface area (Å²) in [6.07, 6.45) is 7.28. The summed E-state index contributed by atoms with van der Waals surface area (Å²) in [5.41, 5.74) is 1.24. The van der Waals surface area contributed by atoms with Crippen molar-refractivity contribution >= 4 is 11.3 Å². The molecule has 2 aromatic rings. The Hall–Kier alpha value is -1.20. The molecule has 0 aliphatic carbocycles. The van der Waals surface area contributed by atoms with Gasteiger partial charge in [0.15, 0.2) is 0 Å². The summed E-state index contributed by atoms with van der Waals surface area (Å²) >= 11 is 1.80. The predicted octanol–water partition coefficient (Wildman–Crippen LogP) is 2.40. The van der Waals surface area contributed by atoms with E-state index in [-0.39, 0.29) is 0 Å². The molecule has 3 heterocycles. The van der Waals surface area contributed by atoms with Gasteiger partial charge >= 0.3 is 0 Å². The van der Waals surface area contributed by atoms with Crippen LogP contribution in [0.15, 0.2) is 18.6 Å². The molecule has 0 amide bonds. The smallest absolute Gasteiger partial charge is 0.0897 e. The Morgan fingerprint density at radius 3 is 2.94 bits per heavy atom. The Bertz CT molecular complexity index is 531. The van der Waals surface area contributed by atoms with E-state index in [4.69, 9.17) is 0 Å². The van der Waals surface area contributed by atoms with Gasteiger partial charge in [-0.2, -0.15) is 5.10 Å². The molecule has 1 aliphatic heterocycles. The highest BCUT2D eigenvalue weighted by Crippen LogP contribution is 2.24. The van der Waals surface area contributed by atoms with Crippen molar-refractivity contribution in [3.63, 3.8) is 0 Å². The monoisotopic (exact) mass is 262 g/mol. The van der Waals surface area contributed by atoms with Crippen LogP contribution in [0.4, 0.5) is 0 Å². The molecule has 1 unspecified atom stereocenters. The van der Waals surface area contributed by atoms with Crippen molar-refractivity contribution in [2.24, 2.45) is 0 Å². The summed E-state index contributed by atoms with van der Waals surface area (Å²) in [5, 5.41) is 5.58. The molecule has 0 bridgehead atoms. The van der Waals surface area contributed by atoms with Crippen molar-refractivity contribution in [1.29, 1.82) is 0 Å². The number of hydrogen-bond acceptors (Lipinski definition) is 4. The van der Waals surface area contributed by atoms with Gasteiger partial charge in [-0.3, -0.25) is 9.58 Å². The highest BCUT2D eigenvalue weighted by Gasteiger charge is 2.24. The molecule has 1 saturated heterocycles. The third-order valence-electron chi connectivity index (χ3n) is 3.40. The first-order valence-electron chi connectivity index (χ1n) is 6.35. The summed E-state index contributed by atoms with van der Waals surface area (Å²) in [6, 6.07) is 0.535. The third-order valence-corrected chi connectivity index (χ3v) is 4.30. The molecule has 18 heavy (non-hydrogen) atoms. The van der Waals surface area contributed by atoms with Crippen LogP contribution in [0.5, 0.6) is 0 Å². The van der Waals surface area contributed by atoms with E-state index in [0.717, 1.165) is 24.6 Å². The van der Waals surface area contributed by atoms with Gasteiger partial charge in [0.1, 0.15) is 0 Å². The van der Waals surface area contributed by atoms with Gasteiger partial charge in [-0.25, -0.2) is 4.98 Å². The third kappa shape index (κ3) is 2.47. The number of likely N-dealkylation sites (tertiary alicyclic amines) is 1. The van der Waals surface area contributed by atoms with E-state index >= 15 is 0 Å². The Morgan fingerprint density at radius 1 is 1.39 bits per heavy atom. The van der Waals surface area contributed by atoms with Crippen LogP contribution >= 0.6 is 11.3 Å². The Morgan fingerprint density at radius 2 is 2.28 bits per heavy atom. The molecule has 3 rings (SSSR count). The summed E-state index contributed by atoms with van der Waals surface area (Å²) in [5.74, 6) is 0. The minimum Gasteiger partial charge on any atom is -0.296 e. The first-order chi connectivity index (χ1) is 8.70. The topological polar surface area (TPSA) is 34.0 Å². The highest BCUT2D eigenvalue weighted by molar-refractivity contribution is 7.11. The van der Waals surface area contributed by atoms with Gasteiger partial charge in [0.2, 0.25) is 0 Å². The number of aromatic nitrogens is 3. The summed E-state index contributed by atoms with van der Waals surface area (Å²) in [4.78, 5) is 8.17. The van der Waals surface area contributed by atoms with Crippen LogP contribution in [0.2, 0.25) is 0 Å². The van der Waals surface area contributed by atoms with Crippen LogP contribution in [0.1, 0.15) is 27.9 Å². The van der Waals surface area contributed by atoms with Crippen molar-refractivity contribution in [3.05, 3.63) is 34.0 Å². The molecular weight excluding hydrogens is 244 g/mol. The van der Waals surface area contributed by atoms with Crippen LogP contribution in [0, 0.1) is 13.8 Å². The van der Waals surface area contributed by atoms with Gasteiger partial charge < -0.3 is 0 Å². The maximum atomic E-state index is 4.42. The van der Waals surface area contributed by atoms with E-state index in [1.807, 2.05) is 12.4 Å². The van der Waals surface area contributed by atoms with Gasteiger partial charge in [-0.1, -0.05) is 0 Å². The Kier molecular flexibility index (Phi) is 3.18. The van der Waals surface area contributed by atoms with Gasteiger partial charge in [0.05, 0.1) is 17.2 Å². The number of rotatable bonds is 3. The molecule has 0 N–H and O–H groups in total. The fraction of sp³-hybridized carbons (Fsp3) is 0.538. The second-order valence-corrected chi connectivity index (χ2v) is 6.34. The molecular formula is C13H18N4S. The van der Waals surface area contributed by atoms with E-state index in [0.29, 0.717) is 6.04 Å². The maximum absolute atomic E-state index is 4.42. The molecule has 0 spiro atoms. The summed E-state index contributed by atoms with van der Waals surface area (Å²) in [6.45, 7) is 7.44. The van der Waals surface area contributed by atoms with Crippen molar-refractivity contribution < 1.29 is 0 Å². The lowest BCUT2D eigenvalue weighted by Gasteiger charge is -2.14. The lowest BCUT2D eigenvalue weighted by atomic mass is 10.3. The molecule has 0 radical (unpaired) electrons. The zero-order valence-electron chi connectivity index (χ0n) is 10.8. The second-order valence-electron chi connectivity index (χ2n) is 5.02. The van der Waals surface area contributed by atoms with Gasteiger partial charge in [0.25, 0.3) is 0 Å². The van der Waals surface area contributed by atoms with Crippen LogP contribution in [0.3, 0.4) is 0 Å². The average molecular weight is 262 g/mol. The number of aryl methyl sites for hydroxylation is 2. The molecule has 0 saturated carbocycles. The van der Waals surface area contributed by atoms with Gasteiger partial charge in [-0.15, -0.1) is 11.3 Å². The number of thiazole rings is 1. The SMILES string of the molecule is Cc1cnn(C2CCN(Cc3cnc(C)s3)C2)c1. The van der Waals surface area contributed by atoms with Gasteiger partial charge in [-0.05, 0) is 25.8 Å². The molecule has 1 aliphatic rings. The zero-order chi connectivity index (χ0) is 12.5. The van der Waals surface area contributed by atoms with Gasteiger partial charge in [0, 0.05) is 36.9 Å². The van der Waals surface area contributed by atoms with E-state index < -0.39 is 0 Å². The zero-order valence-corrected chi connectivity index (χ0v) is 11.7. The standard InChI is InChI=1S/C13H18N4S/c1-10-5-15-17(7-10)12-3-4-16(8-12)9-13-6-14-11(2)18-13/h5-7,12H,3-4,8-9H2,1-2H3. The summed E-state index contributed by atoms with van der Waals surface area (Å²) in [7, 11) is 0. The van der Waals surface area contributed by atoms with Crippen LogP contribution < -0.4 is 0 Å². The highest BCUT2D eigenvalue weighted by atomic mass is 32.1. The molecule has 1 fully saturated rings. The molecule has 0 aromatic carbocycles. The number of nitrogens with zero attached hydrogens (tertiary/aromatic N) is 4. The average Bonchev–Trinajstić information content (AvgIpc) is 3.01. The minimum absolute atomic E-state index is 0.535. The van der Waals surface area contributed by atoms with E-state index in [1.54, 1.807) is 11.3 Å². The molecule has 1 atom stereocenters. The lowest BCUT2D eigenvalue weighted by molar-refractivity contribution is 0.314. The largest absolute Gasteiger partial charge is 0.296 e. The molecule has 2 aromatic heterocycles. The Balaban J connectivity index is 1.61. The quantitative estimate of drug-likeness (QED) is 0.852. The molecule has 5 heteroatoms. The second kappa shape index (κ2) is 4.82. The van der Waals surface area contributed by atoms with Crippen LogP contribution in [0.25, 0.3) is 0 Å². The minimum atomic E-state index is 0.535. The van der Waals surface area contributed by atoms with E-state index in [1.165, 1.54) is 16.9 Å². The molecule has 96 valence electrons. The van der Waals surface area contributed by atoms with Crippen LogP contribution in [-0.2, 0) is 6.54 Å². The summed E-state index contributed by atoms with van der Waals surface area (Å²) < 4.78 is 2.12. The van der Waals surface area contributed by atoms with E-state index in [9.17, 15) is 0 Å². The predicted molar refractivity (Wildman–Crippen MR) is 72.7 cm³/mol. The fourth-order valence-corrected chi connectivity index (χ4v) is 3.34. The van der Waals surface area contributed by atoms with Crippen molar-refractivity contribution in [2.75, 3.05) is 13.1 Å². The first-order valence-corrected chi connectivity index (χ1v) is 7.17. The van der Waals surface area contributed by atoms with Crippen molar-refractivity contribution in [2.45, 2.75) is 32.9 Å². The molecule has 4 nitrogen and oxygen atoms in total. The fourth-order valence-electron chi connectivity index (χ4n) is 2.50. The maximum Gasteiger partial charge on any atom is 0.0897 e. The van der Waals surface area contributed by atoms with Crippen molar-refractivity contribution in [1.82, 2.24) is 19.7 Å². The van der Waals surface area contributed by atoms with Crippen molar-refractivity contribution in [3.8, 4) is 0 Å². The normalized spacial score (nSPS) is 20.7. The Labute approximate surface area is 111 Å².